The highest BCUT2D eigenvalue weighted by Crippen LogP contribution is 2.28. The van der Waals surface area contributed by atoms with Crippen LogP contribution in [-0.4, -0.2) is 11.2 Å². The molecule has 0 atom stereocenters. The number of nitrogens with one attached hydrogen (secondary N) is 3. The number of rotatable bonds is 7. The Morgan fingerprint density at radius 2 is 1.85 bits per heavy atom. The molecular weight excluding hydrogens is 354 g/mol. The molecule has 0 spiro atoms. The maximum atomic E-state index is 14.4. The zero-order valence-corrected chi connectivity index (χ0v) is 14.5. The molecule has 0 aliphatic heterocycles. The van der Waals surface area contributed by atoms with Crippen LogP contribution in [0, 0.1) is 17.2 Å². The van der Waals surface area contributed by atoms with Crippen molar-refractivity contribution in [3.05, 3.63) is 83.6 Å². The summed E-state index contributed by atoms with van der Waals surface area (Å²) in [6.45, 7) is 0.527. The van der Waals surface area contributed by atoms with Crippen LogP contribution < -0.4 is 10.0 Å². The monoisotopic (exact) mass is 370 g/mol. The number of benzene rings is 2. The molecular formula is C19H16F2N4S. The SMILES string of the molecule is N=Cc1cc(SNc2cccc(F)n2)c(F)cc1NCc1ccccc1. The first-order valence-corrected chi connectivity index (χ1v) is 8.64. The molecule has 0 unspecified atom stereocenters. The summed E-state index contributed by atoms with van der Waals surface area (Å²) in [6, 6.07) is 17.0. The zero-order chi connectivity index (χ0) is 18.4. The molecule has 0 saturated carbocycles. The summed E-state index contributed by atoms with van der Waals surface area (Å²) < 4.78 is 30.3. The first kappa shape index (κ1) is 17.9. The van der Waals surface area contributed by atoms with E-state index in [9.17, 15) is 8.78 Å². The summed E-state index contributed by atoms with van der Waals surface area (Å²) in [4.78, 5) is 3.95. The molecule has 3 N–H and O–H groups in total. The van der Waals surface area contributed by atoms with E-state index in [0.717, 1.165) is 23.7 Å². The maximum absolute atomic E-state index is 14.4. The second-order valence-corrected chi connectivity index (χ2v) is 6.25. The van der Waals surface area contributed by atoms with E-state index in [1.807, 2.05) is 30.3 Å². The van der Waals surface area contributed by atoms with Crippen molar-refractivity contribution in [1.82, 2.24) is 4.98 Å². The third-order valence-electron chi connectivity index (χ3n) is 3.57. The molecule has 7 heteroatoms. The Labute approximate surface area is 154 Å². The van der Waals surface area contributed by atoms with E-state index < -0.39 is 11.8 Å². The Morgan fingerprint density at radius 3 is 2.58 bits per heavy atom. The predicted molar refractivity (Wildman–Crippen MR) is 102 cm³/mol. The molecule has 0 bridgehead atoms. The van der Waals surface area contributed by atoms with Crippen molar-refractivity contribution in [3.8, 4) is 0 Å². The van der Waals surface area contributed by atoms with Gasteiger partial charge in [0.15, 0.2) is 0 Å². The zero-order valence-electron chi connectivity index (χ0n) is 13.7. The molecule has 4 nitrogen and oxygen atoms in total. The van der Waals surface area contributed by atoms with Gasteiger partial charge >= 0.3 is 0 Å². The van der Waals surface area contributed by atoms with Crippen LogP contribution in [0.5, 0.6) is 0 Å². The van der Waals surface area contributed by atoms with Crippen LogP contribution in [-0.2, 0) is 6.54 Å². The van der Waals surface area contributed by atoms with Crippen molar-refractivity contribution in [2.24, 2.45) is 0 Å². The number of halogens is 2. The Morgan fingerprint density at radius 1 is 1.04 bits per heavy atom. The lowest BCUT2D eigenvalue weighted by molar-refractivity contribution is 0.586. The van der Waals surface area contributed by atoms with E-state index in [-0.39, 0.29) is 5.82 Å². The standard InChI is InChI=1S/C19H16F2N4S/c20-15-10-16(23-12-13-5-2-1-3-6-13)14(11-22)9-17(15)26-25-19-8-4-7-18(21)24-19/h1-11,22-23H,12H2,(H,24,25). The fraction of sp³-hybridized carbons (Fsp3) is 0.0526. The van der Waals surface area contributed by atoms with Gasteiger partial charge in [0.1, 0.15) is 11.6 Å². The molecule has 3 aromatic rings. The molecule has 0 aliphatic rings. The Hall–Kier alpha value is -2.93. The van der Waals surface area contributed by atoms with Crippen LogP contribution in [0.15, 0.2) is 65.6 Å². The summed E-state index contributed by atoms with van der Waals surface area (Å²) in [5, 5.41) is 10.7. The lowest BCUT2D eigenvalue weighted by Gasteiger charge is -2.13. The third-order valence-corrected chi connectivity index (χ3v) is 4.41. The summed E-state index contributed by atoms with van der Waals surface area (Å²) in [5.74, 6) is -0.770. The second-order valence-electron chi connectivity index (χ2n) is 5.40. The summed E-state index contributed by atoms with van der Waals surface area (Å²) in [5.41, 5.74) is 2.15. The maximum Gasteiger partial charge on any atom is 0.214 e. The van der Waals surface area contributed by atoms with E-state index in [1.54, 1.807) is 12.1 Å². The largest absolute Gasteiger partial charge is 0.380 e. The van der Waals surface area contributed by atoms with Crippen LogP contribution in [0.2, 0.25) is 0 Å². The first-order valence-electron chi connectivity index (χ1n) is 7.83. The van der Waals surface area contributed by atoms with Gasteiger partial charge in [0.2, 0.25) is 5.95 Å². The molecule has 26 heavy (non-hydrogen) atoms. The van der Waals surface area contributed by atoms with Gasteiger partial charge in [-0.3, -0.25) is 0 Å². The van der Waals surface area contributed by atoms with Crippen molar-refractivity contribution >= 4 is 29.7 Å². The first-order chi connectivity index (χ1) is 12.7. The molecule has 132 valence electrons. The Bertz CT molecular complexity index is 903. The number of pyridine rings is 1. The van der Waals surface area contributed by atoms with Gasteiger partial charge in [0, 0.05) is 24.0 Å². The highest BCUT2D eigenvalue weighted by Gasteiger charge is 2.10. The highest BCUT2D eigenvalue weighted by atomic mass is 32.2. The third kappa shape index (κ3) is 4.58. The van der Waals surface area contributed by atoms with E-state index >= 15 is 0 Å². The van der Waals surface area contributed by atoms with Gasteiger partial charge in [-0.1, -0.05) is 36.4 Å². The van der Waals surface area contributed by atoms with Gasteiger partial charge in [-0.15, -0.1) is 0 Å². The second kappa shape index (κ2) is 8.44. The quantitative estimate of drug-likeness (QED) is 0.308. The average molecular weight is 370 g/mol. The molecule has 1 aromatic heterocycles. The number of aromatic nitrogens is 1. The van der Waals surface area contributed by atoms with Crippen molar-refractivity contribution in [1.29, 1.82) is 5.41 Å². The number of nitrogens with zero attached hydrogens (tertiary/aromatic N) is 1. The Balaban J connectivity index is 1.73. The van der Waals surface area contributed by atoms with E-state index in [1.165, 1.54) is 18.2 Å². The van der Waals surface area contributed by atoms with Crippen molar-refractivity contribution in [3.63, 3.8) is 0 Å². The van der Waals surface area contributed by atoms with Crippen LogP contribution >= 0.6 is 11.9 Å². The van der Waals surface area contributed by atoms with Gasteiger partial charge in [0.25, 0.3) is 0 Å². The lowest BCUT2D eigenvalue weighted by Crippen LogP contribution is -2.04. The number of hydrogen-bond donors (Lipinski definition) is 3. The average Bonchev–Trinajstić information content (AvgIpc) is 2.66. The highest BCUT2D eigenvalue weighted by molar-refractivity contribution is 8.00. The van der Waals surface area contributed by atoms with Gasteiger partial charge in [-0.2, -0.15) is 4.39 Å². The molecule has 0 radical (unpaired) electrons. The van der Waals surface area contributed by atoms with Gasteiger partial charge in [-0.05, 0) is 41.8 Å². The minimum atomic E-state index is -0.614. The summed E-state index contributed by atoms with van der Waals surface area (Å²) >= 11 is 0.976. The molecule has 2 aromatic carbocycles. The molecule has 0 saturated heterocycles. The minimum Gasteiger partial charge on any atom is -0.380 e. The van der Waals surface area contributed by atoms with E-state index in [0.29, 0.717) is 22.7 Å². The fourth-order valence-corrected chi connectivity index (χ4v) is 2.96. The van der Waals surface area contributed by atoms with Crippen LogP contribution in [0.4, 0.5) is 20.3 Å². The van der Waals surface area contributed by atoms with E-state index in [4.69, 9.17) is 5.41 Å². The normalized spacial score (nSPS) is 10.4. The predicted octanol–water partition coefficient (Wildman–Crippen LogP) is 5.09. The van der Waals surface area contributed by atoms with Crippen LogP contribution in [0.3, 0.4) is 0 Å². The van der Waals surface area contributed by atoms with E-state index in [2.05, 4.69) is 15.0 Å². The Kier molecular flexibility index (Phi) is 5.80. The number of anilines is 2. The van der Waals surface area contributed by atoms with Crippen LogP contribution in [0.25, 0.3) is 0 Å². The minimum absolute atomic E-state index is 0.289. The van der Waals surface area contributed by atoms with Crippen LogP contribution in [0.1, 0.15) is 11.1 Å². The molecule has 0 fully saturated rings. The molecule has 0 aliphatic carbocycles. The van der Waals surface area contributed by atoms with Gasteiger partial charge in [0.05, 0.1) is 4.90 Å². The molecule has 1 heterocycles. The topological polar surface area (TPSA) is 60.8 Å². The summed E-state index contributed by atoms with van der Waals surface area (Å²) in [7, 11) is 0. The fourth-order valence-electron chi connectivity index (χ4n) is 2.29. The van der Waals surface area contributed by atoms with Crippen molar-refractivity contribution < 1.29 is 8.78 Å². The molecule has 0 amide bonds. The molecule has 3 rings (SSSR count). The lowest BCUT2D eigenvalue weighted by atomic mass is 10.1. The van der Waals surface area contributed by atoms with Crippen molar-refractivity contribution in [2.45, 2.75) is 11.4 Å². The van der Waals surface area contributed by atoms with Gasteiger partial charge < -0.3 is 15.4 Å². The summed E-state index contributed by atoms with van der Waals surface area (Å²) in [6.07, 6.45) is 1.16. The number of hydrogen-bond acceptors (Lipinski definition) is 5. The smallest absolute Gasteiger partial charge is 0.214 e. The van der Waals surface area contributed by atoms with Crippen molar-refractivity contribution in [2.75, 3.05) is 10.0 Å². The van der Waals surface area contributed by atoms with Gasteiger partial charge in [-0.25, -0.2) is 9.37 Å².